The van der Waals surface area contributed by atoms with Gasteiger partial charge < -0.3 is 10.0 Å². The molecule has 0 heterocycles. The summed E-state index contributed by atoms with van der Waals surface area (Å²) in [5, 5.41) is 10.9. The summed E-state index contributed by atoms with van der Waals surface area (Å²) in [4.78, 5) is 14.6. The third-order valence-corrected chi connectivity index (χ3v) is 4.87. The predicted molar refractivity (Wildman–Crippen MR) is 109 cm³/mol. The van der Waals surface area contributed by atoms with Crippen molar-refractivity contribution in [3.8, 4) is 5.75 Å². The molecular formula is C23H22ClNO2. The lowest BCUT2D eigenvalue weighted by atomic mass is 9.87. The summed E-state index contributed by atoms with van der Waals surface area (Å²) in [5.74, 6) is -0.116. The molecule has 3 nitrogen and oxygen atoms in total. The van der Waals surface area contributed by atoms with E-state index in [1.165, 1.54) is 0 Å². The van der Waals surface area contributed by atoms with Gasteiger partial charge in [0.05, 0.1) is 0 Å². The molecule has 138 valence electrons. The lowest BCUT2D eigenvalue weighted by molar-refractivity contribution is -0.130. The van der Waals surface area contributed by atoms with E-state index in [2.05, 4.69) is 0 Å². The summed E-state index contributed by atoms with van der Waals surface area (Å²) >= 11 is 6.15. The van der Waals surface area contributed by atoms with Crippen LogP contribution in [0, 0.1) is 0 Å². The lowest BCUT2D eigenvalue weighted by Gasteiger charge is -2.23. The van der Waals surface area contributed by atoms with Crippen LogP contribution in [0.2, 0.25) is 5.02 Å². The second-order valence-corrected chi connectivity index (χ2v) is 7.04. The average molecular weight is 380 g/mol. The zero-order chi connectivity index (χ0) is 19.2. The lowest BCUT2D eigenvalue weighted by Crippen LogP contribution is -2.27. The molecule has 0 fully saturated rings. The second kappa shape index (κ2) is 8.74. The Labute approximate surface area is 164 Å². The molecule has 1 amide bonds. The number of hydrogen-bond donors (Lipinski definition) is 1. The highest BCUT2D eigenvalue weighted by Crippen LogP contribution is 2.36. The summed E-state index contributed by atoms with van der Waals surface area (Å²) in [6.07, 6.45) is 0.251. The Morgan fingerprint density at radius 2 is 1.63 bits per heavy atom. The van der Waals surface area contributed by atoms with Crippen LogP contribution in [0.15, 0.2) is 78.9 Å². The fourth-order valence-electron chi connectivity index (χ4n) is 3.17. The van der Waals surface area contributed by atoms with Crippen molar-refractivity contribution >= 4 is 17.5 Å². The normalized spacial score (nSPS) is 11.8. The molecule has 3 aromatic carbocycles. The van der Waals surface area contributed by atoms with E-state index in [1.54, 1.807) is 30.1 Å². The third kappa shape index (κ3) is 4.89. The van der Waals surface area contributed by atoms with E-state index < -0.39 is 0 Å². The number of carbonyl (C=O) groups is 1. The van der Waals surface area contributed by atoms with Gasteiger partial charge in [-0.25, -0.2) is 0 Å². The van der Waals surface area contributed by atoms with Crippen molar-refractivity contribution in [1.82, 2.24) is 4.90 Å². The van der Waals surface area contributed by atoms with Gasteiger partial charge in [0.15, 0.2) is 0 Å². The molecule has 0 saturated carbocycles. The van der Waals surface area contributed by atoms with Gasteiger partial charge in [-0.05, 0) is 29.3 Å². The number of phenols is 1. The number of carbonyl (C=O) groups excluding carboxylic acids is 1. The average Bonchev–Trinajstić information content (AvgIpc) is 2.69. The first kappa shape index (κ1) is 19.0. The maximum absolute atomic E-state index is 12.9. The Kier molecular flexibility index (Phi) is 6.15. The number of phenolic OH excluding ortho intramolecular Hbond substituents is 1. The van der Waals surface area contributed by atoms with E-state index >= 15 is 0 Å². The molecule has 0 aliphatic heterocycles. The number of halogens is 1. The van der Waals surface area contributed by atoms with Gasteiger partial charge in [0.1, 0.15) is 5.75 Å². The van der Waals surface area contributed by atoms with Crippen molar-refractivity contribution in [3.63, 3.8) is 0 Å². The van der Waals surface area contributed by atoms with E-state index in [0.717, 1.165) is 11.1 Å². The minimum Gasteiger partial charge on any atom is -0.508 e. The summed E-state index contributed by atoms with van der Waals surface area (Å²) in [5.41, 5.74) is 2.71. The molecule has 4 heteroatoms. The first-order valence-electron chi connectivity index (χ1n) is 8.86. The largest absolute Gasteiger partial charge is 0.508 e. The minimum atomic E-state index is -0.268. The van der Waals surface area contributed by atoms with Gasteiger partial charge in [-0.3, -0.25) is 4.79 Å². The van der Waals surface area contributed by atoms with Crippen LogP contribution in [0.3, 0.4) is 0 Å². The van der Waals surface area contributed by atoms with Crippen LogP contribution in [0.25, 0.3) is 0 Å². The van der Waals surface area contributed by atoms with Crippen molar-refractivity contribution in [3.05, 3.63) is 101 Å². The number of amides is 1. The van der Waals surface area contributed by atoms with Crippen LogP contribution in [0.1, 0.15) is 29.0 Å². The van der Waals surface area contributed by atoms with Gasteiger partial charge in [-0.2, -0.15) is 0 Å². The Morgan fingerprint density at radius 3 is 2.30 bits per heavy atom. The molecule has 3 aromatic rings. The Balaban J connectivity index is 1.85. The molecule has 0 saturated heterocycles. The summed E-state index contributed by atoms with van der Waals surface area (Å²) in [6, 6.07) is 24.6. The Hall–Kier alpha value is -2.78. The fourth-order valence-corrected chi connectivity index (χ4v) is 3.35. The van der Waals surface area contributed by atoms with Gasteiger partial charge in [0, 0.05) is 36.5 Å². The van der Waals surface area contributed by atoms with Gasteiger partial charge >= 0.3 is 0 Å². The Bertz CT molecular complexity index is 897. The van der Waals surface area contributed by atoms with Crippen molar-refractivity contribution in [1.29, 1.82) is 0 Å². The molecular weight excluding hydrogens is 358 g/mol. The predicted octanol–water partition coefficient (Wildman–Crippen LogP) is 5.23. The maximum Gasteiger partial charge on any atom is 0.223 e. The number of rotatable bonds is 6. The van der Waals surface area contributed by atoms with Crippen molar-refractivity contribution in [2.45, 2.75) is 18.9 Å². The third-order valence-electron chi connectivity index (χ3n) is 4.63. The second-order valence-electron chi connectivity index (χ2n) is 6.61. The standard InChI is InChI=1S/C23H22ClNO2/c1-25(16-17-8-4-2-5-9-17)23(27)15-20(18-10-6-3-7-11-18)21-14-19(24)12-13-22(21)26/h2-14,20,26H,15-16H2,1H3/t20-/m1/s1. The van der Waals surface area contributed by atoms with Crippen LogP contribution < -0.4 is 0 Å². The molecule has 0 radical (unpaired) electrons. The molecule has 3 rings (SSSR count). The van der Waals surface area contributed by atoms with Gasteiger partial charge in [-0.1, -0.05) is 72.3 Å². The molecule has 0 aliphatic rings. The zero-order valence-electron chi connectivity index (χ0n) is 15.2. The quantitative estimate of drug-likeness (QED) is 0.637. The van der Waals surface area contributed by atoms with Crippen molar-refractivity contribution < 1.29 is 9.90 Å². The SMILES string of the molecule is CN(Cc1ccccc1)C(=O)C[C@H](c1ccccc1)c1cc(Cl)ccc1O. The number of nitrogens with zero attached hydrogens (tertiary/aromatic N) is 1. The summed E-state index contributed by atoms with van der Waals surface area (Å²) in [6.45, 7) is 0.544. The molecule has 0 spiro atoms. The van der Waals surface area contributed by atoms with Crippen LogP contribution in [-0.2, 0) is 11.3 Å². The number of hydrogen-bond acceptors (Lipinski definition) is 2. The highest BCUT2D eigenvalue weighted by Gasteiger charge is 2.23. The van der Waals surface area contributed by atoms with E-state index in [0.29, 0.717) is 17.1 Å². The molecule has 0 aromatic heterocycles. The highest BCUT2D eigenvalue weighted by molar-refractivity contribution is 6.30. The van der Waals surface area contributed by atoms with Gasteiger partial charge in [0.2, 0.25) is 5.91 Å². The summed E-state index contributed by atoms with van der Waals surface area (Å²) in [7, 11) is 1.80. The van der Waals surface area contributed by atoms with Crippen molar-refractivity contribution in [2.75, 3.05) is 7.05 Å². The first-order valence-corrected chi connectivity index (χ1v) is 9.23. The molecule has 27 heavy (non-hydrogen) atoms. The molecule has 0 aliphatic carbocycles. The smallest absolute Gasteiger partial charge is 0.223 e. The van der Waals surface area contributed by atoms with Crippen LogP contribution in [0.4, 0.5) is 0 Å². The molecule has 1 atom stereocenters. The van der Waals surface area contributed by atoms with E-state index in [-0.39, 0.29) is 24.0 Å². The monoisotopic (exact) mass is 379 g/mol. The van der Waals surface area contributed by atoms with Crippen LogP contribution >= 0.6 is 11.6 Å². The molecule has 0 unspecified atom stereocenters. The van der Waals surface area contributed by atoms with Gasteiger partial charge in [0.25, 0.3) is 0 Å². The Morgan fingerprint density at radius 1 is 1.00 bits per heavy atom. The zero-order valence-corrected chi connectivity index (χ0v) is 15.9. The van der Waals surface area contributed by atoms with Crippen LogP contribution in [-0.4, -0.2) is 23.0 Å². The van der Waals surface area contributed by atoms with Crippen molar-refractivity contribution in [2.24, 2.45) is 0 Å². The highest BCUT2D eigenvalue weighted by atomic mass is 35.5. The molecule has 0 bridgehead atoms. The number of aromatic hydroxyl groups is 1. The van der Waals surface area contributed by atoms with Crippen LogP contribution in [0.5, 0.6) is 5.75 Å². The number of benzene rings is 3. The van der Waals surface area contributed by atoms with E-state index in [4.69, 9.17) is 11.6 Å². The topological polar surface area (TPSA) is 40.5 Å². The van der Waals surface area contributed by atoms with E-state index in [1.807, 2.05) is 60.7 Å². The summed E-state index contributed by atoms with van der Waals surface area (Å²) < 4.78 is 0. The maximum atomic E-state index is 12.9. The minimum absolute atomic E-state index is 0.00656. The van der Waals surface area contributed by atoms with Gasteiger partial charge in [-0.15, -0.1) is 0 Å². The molecule has 1 N–H and O–H groups in total. The fraction of sp³-hybridized carbons (Fsp3) is 0.174. The first-order chi connectivity index (χ1) is 13.0. The van der Waals surface area contributed by atoms with E-state index in [9.17, 15) is 9.90 Å².